The zero-order valence-corrected chi connectivity index (χ0v) is 12.4. The Morgan fingerprint density at radius 1 is 1.29 bits per heavy atom. The van der Waals surface area contributed by atoms with Crippen molar-refractivity contribution in [1.29, 1.82) is 5.41 Å². The molecule has 3 rings (SSSR count). The normalized spacial score (nSPS) is 21.7. The van der Waals surface area contributed by atoms with Crippen LogP contribution in [-0.4, -0.2) is 16.6 Å². The molecule has 3 nitrogen and oxygen atoms in total. The minimum Gasteiger partial charge on any atom is -0.349 e. The van der Waals surface area contributed by atoms with Gasteiger partial charge in [-0.1, -0.05) is 42.5 Å². The SMILES string of the molecule is N=C=C1C(=S)NC2=C(C(=O)CCC2)C1Cc1ccccc1. The number of ketones is 1. The highest BCUT2D eigenvalue weighted by atomic mass is 32.1. The standard InChI is InChI=1S/C17H16N2OS/c18-10-13-12(9-11-5-2-1-3-6-11)16-14(19-17(13)21)7-4-8-15(16)20/h1-3,5-6,12,18H,4,7-9H2,(H,19,21). The number of allylic oxidation sites excluding steroid dienone is 2. The minimum absolute atomic E-state index is 0.138. The van der Waals surface area contributed by atoms with E-state index >= 15 is 0 Å². The number of thiocarbonyl (C=S) groups is 1. The summed E-state index contributed by atoms with van der Waals surface area (Å²) in [4.78, 5) is 12.9. The first-order valence-electron chi connectivity index (χ1n) is 7.12. The molecule has 1 aliphatic heterocycles. The largest absolute Gasteiger partial charge is 0.349 e. The third kappa shape index (κ3) is 2.60. The zero-order chi connectivity index (χ0) is 14.8. The van der Waals surface area contributed by atoms with Gasteiger partial charge in [-0.25, -0.2) is 0 Å². The highest BCUT2D eigenvalue weighted by Crippen LogP contribution is 2.35. The van der Waals surface area contributed by atoms with Crippen molar-refractivity contribution in [3.05, 3.63) is 52.7 Å². The van der Waals surface area contributed by atoms with Crippen LogP contribution in [0.1, 0.15) is 24.8 Å². The van der Waals surface area contributed by atoms with Crippen molar-refractivity contribution in [3.8, 4) is 0 Å². The van der Waals surface area contributed by atoms with Crippen molar-refractivity contribution in [2.24, 2.45) is 5.92 Å². The van der Waals surface area contributed by atoms with Crippen LogP contribution in [0, 0.1) is 11.3 Å². The summed E-state index contributed by atoms with van der Waals surface area (Å²) >= 11 is 5.35. The summed E-state index contributed by atoms with van der Waals surface area (Å²) in [5.41, 5.74) is 3.54. The number of carbonyl (C=O) groups excluding carboxylic acids is 1. The van der Waals surface area contributed by atoms with Crippen LogP contribution in [0.2, 0.25) is 0 Å². The van der Waals surface area contributed by atoms with E-state index in [4.69, 9.17) is 17.6 Å². The van der Waals surface area contributed by atoms with Crippen LogP contribution in [0.5, 0.6) is 0 Å². The Bertz CT molecular complexity index is 684. The Labute approximate surface area is 129 Å². The molecule has 1 atom stereocenters. The van der Waals surface area contributed by atoms with E-state index in [-0.39, 0.29) is 11.7 Å². The van der Waals surface area contributed by atoms with Gasteiger partial charge in [-0.15, -0.1) is 0 Å². The third-order valence-corrected chi connectivity index (χ3v) is 4.40. The Hall–Kier alpha value is -2.03. The second-order valence-electron chi connectivity index (χ2n) is 5.40. The van der Waals surface area contributed by atoms with E-state index in [2.05, 4.69) is 11.2 Å². The number of carbonyl (C=O) groups is 1. The number of rotatable bonds is 2. The van der Waals surface area contributed by atoms with Crippen LogP contribution in [-0.2, 0) is 11.2 Å². The molecule has 1 aromatic rings. The number of benzene rings is 1. The summed E-state index contributed by atoms with van der Waals surface area (Å²) in [5.74, 6) is 2.50. The smallest absolute Gasteiger partial charge is 0.161 e. The molecule has 2 N–H and O–H groups in total. The number of Topliss-reactive ketones (excluding diaryl/α,β-unsaturated/α-hetero) is 1. The molecule has 1 unspecified atom stereocenters. The van der Waals surface area contributed by atoms with Crippen LogP contribution in [0.15, 0.2) is 47.2 Å². The molecular weight excluding hydrogens is 280 g/mol. The van der Waals surface area contributed by atoms with Crippen LogP contribution >= 0.6 is 12.2 Å². The van der Waals surface area contributed by atoms with Crippen LogP contribution in [0.25, 0.3) is 0 Å². The Balaban J connectivity index is 2.05. The van der Waals surface area contributed by atoms with E-state index in [9.17, 15) is 4.79 Å². The van der Waals surface area contributed by atoms with Gasteiger partial charge in [0.2, 0.25) is 0 Å². The molecule has 1 aromatic carbocycles. The van der Waals surface area contributed by atoms with Gasteiger partial charge in [0.25, 0.3) is 0 Å². The molecule has 4 heteroatoms. The van der Waals surface area contributed by atoms with Gasteiger partial charge in [0.15, 0.2) is 5.78 Å². The van der Waals surface area contributed by atoms with Gasteiger partial charge in [0, 0.05) is 23.6 Å². The number of hydrogen-bond donors (Lipinski definition) is 2. The fourth-order valence-electron chi connectivity index (χ4n) is 3.10. The van der Waals surface area contributed by atoms with Crippen molar-refractivity contribution in [2.45, 2.75) is 25.7 Å². The second-order valence-corrected chi connectivity index (χ2v) is 5.81. The minimum atomic E-state index is -0.138. The fraction of sp³-hybridized carbons (Fsp3) is 0.294. The molecule has 0 saturated heterocycles. The number of nitrogens with one attached hydrogen (secondary N) is 2. The summed E-state index contributed by atoms with van der Waals surface area (Å²) in [5, 5.41) is 10.7. The van der Waals surface area contributed by atoms with E-state index in [1.807, 2.05) is 30.3 Å². The summed E-state index contributed by atoms with van der Waals surface area (Å²) in [7, 11) is 0. The van der Waals surface area contributed by atoms with Crippen molar-refractivity contribution >= 4 is 28.9 Å². The van der Waals surface area contributed by atoms with Gasteiger partial charge in [0.1, 0.15) is 4.99 Å². The van der Waals surface area contributed by atoms with Gasteiger partial charge in [-0.05, 0) is 30.7 Å². The predicted molar refractivity (Wildman–Crippen MR) is 86.5 cm³/mol. The van der Waals surface area contributed by atoms with E-state index in [1.165, 1.54) is 0 Å². The fourth-order valence-corrected chi connectivity index (χ4v) is 3.42. The monoisotopic (exact) mass is 296 g/mol. The van der Waals surface area contributed by atoms with Gasteiger partial charge in [-0.3, -0.25) is 10.2 Å². The molecule has 0 spiro atoms. The van der Waals surface area contributed by atoms with E-state index < -0.39 is 0 Å². The molecule has 0 radical (unpaired) electrons. The molecule has 21 heavy (non-hydrogen) atoms. The summed E-state index contributed by atoms with van der Waals surface area (Å²) in [6.45, 7) is 0. The summed E-state index contributed by atoms with van der Waals surface area (Å²) < 4.78 is 0. The van der Waals surface area contributed by atoms with E-state index in [0.29, 0.717) is 23.4 Å². The van der Waals surface area contributed by atoms with Crippen LogP contribution < -0.4 is 5.32 Å². The Morgan fingerprint density at radius 2 is 2.05 bits per heavy atom. The van der Waals surface area contributed by atoms with Crippen LogP contribution in [0.3, 0.4) is 0 Å². The average molecular weight is 296 g/mol. The first-order chi connectivity index (χ1) is 10.2. The Kier molecular flexibility index (Phi) is 3.82. The number of hydrogen-bond acceptors (Lipinski definition) is 3. The predicted octanol–water partition coefficient (Wildman–Crippen LogP) is 2.96. The maximum atomic E-state index is 12.4. The maximum Gasteiger partial charge on any atom is 0.161 e. The maximum absolute atomic E-state index is 12.4. The lowest BCUT2D eigenvalue weighted by atomic mass is 9.76. The van der Waals surface area contributed by atoms with Crippen molar-refractivity contribution in [3.63, 3.8) is 0 Å². The molecule has 0 fully saturated rings. The molecule has 2 aliphatic rings. The molecule has 1 aliphatic carbocycles. The molecule has 1 heterocycles. The molecular formula is C17H16N2OS. The first kappa shape index (κ1) is 13.9. The van der Waals surface area contributed by atoms with Gasteiger partial charge < -0.3 is 5.32 Å². The highest BCUT2D eigenvalue weighted by molar-refractivity contribution is 7.80. The molecule has 0 bridgehead atoms. The molecule has 0 aromatic heterocycles. The average Bonchev–Trinajstić information content (AvgIpc) is 2.48. The van der Waals surface area contributed by atoms with Crippen molar-refractivity contribution in [1.82, 2.24) is 5.32 Å². The zero-order valence-electron chi connectivity index (χ0n) is 11.6. The lowest BCUT2D eigenvalue weighted by molar-refractivity contribution is -0.116. The van der Waals surface area contributed by atoms with Gasteiger partial charge in [0.05, 0.1) is 5.57 Å². The first-order valence-corrected chi connectivity index (χ1v) is 7.52. The van der Waals surface area contributed by atoms with Gasteiger partial charge >= 0.3 is 0 Å². The lowest BCUT2D eigenvalue weighted by Crippen LogP contribution is -2.39. The Morgan fingerprint density at radius 3 is 2.76 bits per heavy atom. The molecule has 0 saturated carbocycles. The van der Waals surface area contributed by atoms with Gasteiger partial charge in [-0.2, -0.15) is 0 Å². The molecule has 0 amide bonds. The van der Waals surface area contributed by atoms with E-state index in [1.54, 1.807) is 0 Å². The third-order valence-electron chi connectivity index (χ3n) is 4.08. The lowest BCUT2D eigenvalue weighted by Gasteiger charge is -2.33. The quantitative estimate of drug-likeness (QED) is 0.501. The van der Waals surface area contributed by atoms with E-state index in [0.717, 1.165) is 29.7 Å². The van der Waals surface area contributed by atoms with Crippen LogP contribution in [0.4, 0.5) is 0 Å². The summed E-state index contributed by atoms with van der Waals surface area (Å²) in [6, 6.07) is 10.0. The molecule has 106 valence electrons. The highest BCUT2D eigenvalue weighted by Gasteiger charge is 2.36. The van der Waals surface area contributed by atoms with Crippen molar-refractivity contribution in [2.75, 3.05) is 0 Å². The van der Waals surface area contributed by atoms with Crippen molar-refractivity contribution < 1.29 is 4.79 Å². The second kappa shape index (κ2) is 5.76. The topological polar surface area (TPSA) is 53.0 Å². The summed E-state index contributed by atoms with van der Waals surface area (Å²) in [6.07, 6.45) is 3.01.